The first-order valence-corrected chi connectivity index (χ1v) is 7.12. The van der Waals surface area contributed by atoms with Crippen LogP contribution in [0.3, 0.4) is 0 Å². The maximum Gasteiger partial charge on any atom is 0.224 e. The molecule has 98 valence electrons. The van der Waals surface area contributed by atoms with E-state index in [1.165, 1.54) is 0 Å². The number of carbonyl (C=O) groups is 1. The highest BCUT2D eigenvalue weighted by Gasteiger charge is 2.16. The second kappa shape index (κ2) is 6.34. The van der Waals surface area contributed by atoms with Crippen LogP contribution in [0.2, 0.25) is 0 Å². The van der Waals surface area contributed by atoms with E-state index in [9.17, 15) is 4.79 Å². The zero-order chi connectivity index (χ0) is 13.0. The topological polar surface area (TPSA) is 38.3 Å². The number of hydrogen-bond donors (Lipinski definition) is 1. The molecule has 2 rings (SSSR count). The highest BCUT2D eigenvalue weighted by atomic mass is 79.9. The normalized spacial score (nSPS) is 18.9. The molecule has 1 aliphatic heterocycles. The van der Waals surface area contributed by atoms with E-state index < -0.39 is 0 Å². The summed E-state index contributed by atoms with van der Waals surface area (Å²) >= 11 is 3.44. The lowest BCUT2D eigenvalue weighted by Crippen LogP contribution is -2.15. The Morgan fingerprint density at radius 3 is 3.06 bits per heavy atom. The Kier molecular flexibility index (Phi) is 4.78. The molecule has 1 atom stereocenters. The molecule has 1 aliphatic rings. The van der Waals surface area contributed by atoms with Crippen LogP contribution < -0.4 is 5.32 Å². The number of hydrogen-bond acceptors (Lipinski definition) is 2. The van der Waals surface area contributed by atoms with Gasteiger partial charge in [0.05, 0.1) is 6.10 Å². The molecule has 1 saturated heterocycles. The summed E-state index contributed by atoms with van der Waals surface area (Å²) in [7, 11) is 0. The number of carbonyl (C=O) groups excluding carboxylic acids is 1. The molecule has 0 saturated carbocycles. The molecule has 4 heteroatoms. The number of anilines is 1. The second-order valence-electron chi connectivity index (χ2n) is 4.69. The number of rotatable bonds is 4. The van der Waals surface area contributed by atoms with Crippen LogP contribution in [-0.2, 0) is 9.53 Å². The zero-order valence-electron chi connectivity index (χ0n) is 10.5. The fraction of sp³-hybridized carbons (Fsp3) is 0.500. The molecule has 1 aromatic carbocycles. The number of aryl methyl sites for hydroxylation is 1. The SMILES string of the molecule is Cc1cc(NC(=O)CC[C@H]2CCCO2)ccc1Br. The molecule has 0 bridgehead atoms. The van der Waals surface area contributed by atoms with Gasteiger partial charge in [0.1, 0.15) is 0 Å². The average Bonchev–Trinajstić information content (AvgIpc) is 2.84. The van der Waals surface area contributed by atoms with E-state index in [0.29, 0.717) is 6.42 Å². The summed E-state index contributed by atoms with van der Waals surface area (Å²) < 4.78 is 6.56. The van der Waals surface area contributed by atoms with Crippen LogP contribution in [0.4, 0.5) is 5.69 Å². The zero-order valence-corrected chi connectivity index (χ0v) is 12.1. The minimum Gasteiger partial charge on any atom is -0.378 e. The Morgan fingerprint density at radius 2 is 2.39 bits per heavy atom. The Balaban J connectivity index is 1.80. The fourth-order valence-electron chi connectivity index (χ4n) is 2.11. The van der Waals surface area contributed by atoms with Gasteiger partial charge < -0.3 is 10.1 Å². The Morgan fingerprint density at radius 1 is 1.56 bits per heavy atom. The van der Waals surface area contributed by atoms with Crippen molar-refractivity contribution >= 4 is 27.5 Å². The number of amides is 1. The average molecular weight is 312 g/mol. The monoisotopic (exact) mass is 311 g/mol. The van der Waals surface area contributed by atoms with E-state index in [2.05, 4.69) is 21.2 Å². The lowest BCUT2D eigenvalue weighted by molar-refractivity contribution is -0.116. The molecule has 0 radical (unpaired) electrons. The van der Waals surface area contributed by atoms with Gasteiger partial charge in [-0.05, 0) is 49.9 Å². The first-order valence-electron chi connectivity index (χ1n) is 6.33. The van der Waals surface area contributed by atoms with Crippen molar-refractivity contribution in [2.45, 2.75) is 38.7 Å². The summed E-state index contributed by atoms with van der Waals surface area (Å²) in [6.45, 7) is 2.85. The van der Waals surface area contributed by atoms with Gasteiger partial charge in [0, 0.05) is 23.2 Å². The first kappa shape index (κ1) is 13.6. The minimum atomic E-state index is 0.0622. The molecule has 3 nitrogen and oxygen atoms in total. The van der Waals surface area contributed by atoms with Gasteiger partial charge in [0.2, 0.25) is 5.91 Å². The fourth-order valence-corrected chi connectivity index (χ4v) is 2.36. The number of benzene rings is 1. The maximum absolute atomic E-state index is 11.8. The molecule has 18 heavy (non-hydrogen) atoms. The van der Waals surface area contributed by atoms with E-state index in [1.54, 1.807) is 0 Å². The van der Waals surface area contributed by atoms with Gasteiger partial charge in [-0.15, -0.1) is 0 Å². The molecule has 1 N–H and O–H groups in total. The molecule has 1 fully saturated rings. The Hall–Kier alpha value is -0.870. The molecule has 0 aromatic heterocycles. The quantitative estimate of drug-likeness (QED) is 0.921. The molecule has 1 heterocycles. The second-order valence-corrected chi connectivity index (χ2v) is 5.54. The van der Waals surface area contributed by atoms with Crippen molar-refractivity contribution in [3.05, 3.63) is 28.2 Å². The number of halogens is 1. The largest absolute Gasteiger partial charge is 0.378 e. The predicted octanol–water partition coefficient (Wildman–Crippen LogP) is 3.66. The van der Waals surface area contributed by atoms with Crippen molar-refractivity contribution in [1.29, 1.82) is 0 Å². The van der Waals surface area contributed by atoms with Crippen molar-refractivity contribution < 1.29 is 9.53 Å². The summed E-state index contributed by atoms with van der Waals surface area (Å²) in [5, 5.41) is 2.92. The van der Waals surface area contributed by atoms with Gasteiger partial charge in [-0.1, -0.05) is 15.9 Å². The highest BCUT2D eigenvalue weighted by molar-refractivity contribution is 9.10. The molecule has 0 unspecified atom stereocenters. The maximum atomic E-state index is 11.8. The molecular weight excluding hydrogens is 294 g/mol. The van der Waals surface area contributed by atoms with E-state index in [-0.39, 0.29) is 12.0 Å². The smallest absolute Gasteiger partial charge is 0.224 e. The van der Waals surface area contributed by atoms with Crippen LogP contribution >= 0.6 is 15.9 Å². The molecule has 1 aromatic rings. The van der Waals surface area contributed by atoms with E-state index in [0.717, 1.165) is 41.6 Å². The summed E-state index contributed by atoms with van der Waals surface area (Å²) in [5.41, 5.74) is 1.97. The van der Waals surface area contributed by atoms with Crippen molar-refractivity contribution in [1.82, 2.24) is 0 Å². The third-order valence-corrected chi connectivity index (χ3v) is 4.05. The highest BCUT2D eigenvalue weighted by Crippen LogP contribution is 2.21. The van der Waals surface area contributed by atoms with Gasteiger partial charge in [-0.3, -0.25) is 4.79 Å². The third-order valence-electron chi connectivity index (χ3n) is 3.16. The Bertz CT molecular complexity index is 428. The van der Waals surface area contributed by atoms with Crippen LogP contribution in [0.5, 0.6) is 0 Å². The van der Waals surface area contributed by atoms with Crippen LogP contribution in [0.1, 0.15) is 31.2 Å². The van der Waals surface area contributed by atoms with Crippen LogP contribution in [-0.4, -0.2) is 18.6 Å². The van der Waals surface area contributed by atoms with Crippen LogP contribution in [0.15, 0.2) is 22.7 Å². The summed E-state index contributed by atoms with van der Waals surface area (Å²) in [6, 6.07) is 5.82. The van der Waals surface area contributed by atoms with Gasteiger partial charge in [-0.2, -0.15) is 0 Å². The van der Waals surface area contributed by atoms with Gasteiger partial charge in [-0.25, -0.2) is 0 Å². The van der Waals surface area contributed by atoms with Gasteiger partial charge in [0.25, 0.3) is 0 Å². The molecule has 0 aliphatic carbocycles. The predicted molar refractivity (Wildman–Crippen MR) is 75.7 cm³/mol. The lowest BCUT2D eigenvalue weighted by atomic mass is 10.1. The van der Waals surface area contributed by atoms with Crippen molar-refractivity contribution in [3.8, 4) is 0 Å². The van der Waals surface area contributed by atoms with Gasteiger partial charge in [0.15, 0.2) is 0 Å². The van der Waals surface area contributed by atoms with Crippen LogP contribution in [0, 0.1) is 6.92 Å². The van der Waals surface area contributed by atoms with Crippen LogP contribution in [0.25, 0.3) is 0 Å². The lowest BCUT2D eigenvalue weighted by Gasteiger charge is -2.10. The van der Waals surface area contributed by atoms with Crippen molar-refractivity contribution in [3.63, 3.8) is 0 Å². The van der Waals surface area contributed by atoms with E-state index >= 15 is 0 Å². The summed E-state index contributed by atoms with van der Waals surface area (Å²) in [5.74, 6) is 0.0622. The van der Waals surface area contributed by atoms with E-state index in [4.69, 9.17) is 4.74 Å². The van der Waals surface area contributed by atoms with E-state index in [1.807, 2.05) is 25.1 Å². The third kappa shape index (κ3) is 3.82. The van der Waals surface area contributed by atoms with Gasteiger partial charge >= 0.3 is 0 Å². The molecule has 0 spiro atoms. The first-order chi connectivity index (χ1) is 8.65. The number of ether oxygens (including phenoxy) is 1. The Labute approximate surface area is 116 Å². The summed E-state index contributed by atoms with van der Waals surface area (Å²) in [4.78, 5) is 11.8. The number of nitrogens with one attached hydrogen (secondary N) is 1. The summed E-state index contributed by atoms with van der Waals surface area (Å²) in [6.07, 6.45) is 3.84. The standard InChI is InChI=1S/C14H18BrNO2/c1-10-9-11(4-6-13(10)15)16-14(17)7-5-12-3-2-8-18-12/h4,6,9,12H,2-3,5,7-8H2,1H3,(H,16,17)/t12-/m1/s1. The van der Waals surface area contributed by atoms with Crippen molar-refractivity contribution in [2.75, 3.05) is 11.9 Å². The minimum absolute atomic E-state index is 0.0622. The molecular formula is C14H18BrNO2. The molecule has 1 amide bonds. The van der Waals surface area contributed by atoms with Crippen molar-refractivity contribution in [2.24, 2.45) is 0 Å².